The van der Waals surface area contributed by atoms with Crippen molar-refractivity contribution < 1.29 is 19.1 Å². The molecule has 25 heavy (non-hydrogen) atoms. The zero-order chi connectivity index (χ0) is 19.0. The molecule has 2 atom stereocenters. The number of methoxy groups -OCH3 is 1. The van der Waals surface area contributed by atoms with Crippen LogP contribution in [0.3, 0.4) is 0 Å². The maximum absolute atomic E-state index is 12.4. The Labute approximate surface area is 153 Å². The van der Waals surface area contributed by atoms with Crippen LogP contribution in [-0.4, -0.2) is 35.9 Å². The monoisotopic (exact) mass is 365 g/mol. The number of esters is 1. The molecule has 0 aliphatic heterocycles. The van der Waals surface area contributed by atoms with Crippen molar-refractivity contribution in [2.75, 3.05) is 12.9 Å². The fourth-order valence-electron chi connectivity index (χ4n) is 2.40. The maximum atomic E-state index is 12.4. The highest BCUT2D eigenvalue weighted by molar-refractivity contribution is 8.13. The molecule has 0 bridgehead atoms. The fourth-order valence-corrected chi connectivity index (χ4v) is 3.33. The molecule has 1 N–H and O–H groups in total. The van der Waals surface area contributed by atoms with E-state index in [9.17, 15) is 14.4 Å². The van der Waals surface area contributed by atoms with Gasteiger partial charge in [0.25, 0.3) is 0 Å². The Kier molecular flexibility index (Phi) is 8.69. The van der Waals surface area contributed by atoms with Gasteiger partial charge < -0.3 is 10.1 Å². The predicted octanol–water partition coefficient (Wildman–Crippen LogP) is 2.93. The molecule has 0 heterocycles. The van der Waals surface area contributed by atoms with Crippen molar-refractivity contribution in [3.05, 3.63) is 35.4 Å². The topological polar surface area (TPSA) is 72.5 Å². The second kappa shape index (κ2) is 10.2. The average molecular weight is 365 g/mol. The lowest BCUT2D eigenvalue weighted by Gasteiger charge is -2.16. The number of carbonyl (C=O) groups excluding carboxylic acids is 3. The van der Waals surface area contributed by atoms with Crippen LogP contribution in [0, 0.1) is 5.92 Å². The summed E-state index contributed by atoms with van der Waals surface area (Å²) in [6.07, 6.45) is 1.01. The molecule has 5 nitrogen and oxygen atoms in total. The SMILES string of the molecule is COC(=O)[C@H](CSC(=O)C(C)c1ccc(CC(C)C)cc1)NC(C)=O. The molecule has 0 radical (unpaired) electrons. The van der Waals surface area contributed by atoms with E-state index < -0.39 is 12.0 Å². The summed E-state index contributed by atoms with van der Waals surface area (Å²) in [5.74, 6) is -0.433. The van der Waals surface area contributed by atoms with Gasteiger partial charge in [0.05, 0.1) is 13.0 Å². The first kappa shape index (κ1) is 21.2. The van der Waals surface area contributed by atoms with Gasteiger partial charge in [0.2, 0.25) is 5.91 Å². The molecule has 1 rings (SSSR count). The fraction of sp³-hybridized carbons (Fsp3) is 0.526. The predicted molar refractivity (Wildman–Crippen MR) is 100 cm³/mol. The molecule has 6 heteroatoms. The second-order valence-electron chi connectivity index (χ2n) is 6.47. The Morgan fingerprint density at radius 3 is 2.20 bits per heavy atom. The van der Waals surface area contributed by atoms with Crippen molar-refractivity contribution in [2.45, 2.75) is 46.1 Å². The normalized spacial score (nSPS) is 13.2. The van der Waals surface area contributed by atoms with Crippen molar-refractivity contribution >= 4 is 28.8 Å². The van der Waals surface area contributed by atoms with Gasteiger partial charge in [0, 0.05) is 12.7 Å². The Bertz CT molecular complexity index is 598. The highest BCUT2D eigenvalue weighted by Crippen LogP contribution is 2.24. The number of hydrogen-bond acceptors (Lipinski definition) is 5. The Morgan fingerprint density at radius 2 is 1.72 bits per heavy atom. The van der Waals surface area contributed by atoms with Gasteiger partial charge in [-0.15, -0.1) is 0 Å². The lowest BCUT2D eigenvalue weighted by molar-refractivity contribution is -0.144. The van der Waals surface area contributed by atoms with Crippen LogP contribution in [0.2, 0.25) is 0 Å². The summed E-state index contributed by atoms with van der Waals surface area (Å²) in [5, 5.41) is 2.46. The summed E-state index contributed by atoms with van der Waals surface area (Å²) in [6.45, 7) is 7.51. The number of thioether (sulfide) groups is 1. The van der Waals surface area contributed by atoms with E-state index in [2.05, 4.69) is 36.0 Å². The van der Waals surface area contributed by atoms with Crippen LogP contribution >= 0.6 is 11.8 Å². The highest BCUT2D eigenvalue weighted by atomic mass is 32.2. The minimum absolute atomic E-state index is 0.0455. The van der Waals surface area contributed by atoms with Crippen LogP contribution in [-0.2, 0) is 25.5 Å². The van der Waals surface area contributed by atoms with E-state index in [0.29, 0.717) is 5.92 Å². The maximum Gasteiger partial charge on any atom is 0.329 e. The van der Waals surface area contributed by atoms with Crippen LogP contribution < -0.4 is 5.32 Å². The van der Waals surface area contributed by atoms with E-state index in [1.54, 1.807) is 0 Å². The van der Waals surface area contributed by atoms with Crippen LogP contribution in [0.4, 0.5) is 0 Å². The summed E-state index contributed by atoms with van der Waals surface area (Å²) >= 11 is 1.03. The number of nitrogens with one attached hydrogen (secondary N) is 1. The number of ether oxygens (including phenoxy) is 1. The molecular weight excluding hydrogens is 338 g/mol. The van der Waals surface area contributed by atoms with Gasteiger partial charge in [0.1, 0.15) is 6.04 Å². The van der Waals surface area contributed by atoms with Gasteiger partial charge in [-0.25, -0.2) is 4.79 Å². The van der Waals surface area contributed by atoms with Crippen LogP contribution in [0.1, 0.15) is 44.7 Å². The van der Waals surface area contributed by atoms with Crippen LogP contribution in [0.5, 0.6) is 0 Å². The Balaban J connectivity index is 2.65. The van der Waals surface area contributed by atoms with Gasteiger partial charge in [-0.1, -0.05) is 56.8 Å². The summed E-state index contributed by atoms with van der Waals surface area (Å²) in [7, 11) is 1.25. The summed E-state index contributed by atoms with van der Waals surface area (Å²) in [6, 6.07) is 7.24. The third-order valence-corrected chi connectivity index (χ3v) is 4.87. The molecule has 0 fully saturated rings. The number of rotatable bonds is 8. The largest absolute Gasteiger partial charge is 0.467 e. The molecule has 0 spiro atoms. The molecule has 1 amide bonds. The van der Waals surface area contributed by atoms with E-state index in [4.69, 9.17) is 0 Å². The quantitative estimate of drug-likeness (QED) is 0.717. The molecule has 0 aromatic heterocycles. The summed E-state index contributed by atoms with van der Waals surface area (Å²) in [4.78, 5) is 35.2. The second-order valence-corrected chi connectivity index (χ2v) is 7.49. The van der Waals surface area contributed by atoms with Gasteiger partial charge in [-0.3, -0.25) is 9.59 Å². The minimum Gasteiger partial charge on any atom is -0.467 e. The van der Waals surface area contributed by atoms with E-state index in [0.717, 1.165) is 23.7 Å². The smallest absolute Gasteiger partial charge is 0.329 e. The number of carbonyl (C=O) groups is 3. The molecule has 138 valence electrons. The van der Waals surface area contributed by atoms with Gasteiger partial charge in [0.15, 0.2) is 5.12 Å². The van der Waals surface area contributed by atoms with Crippen molar-refractivity contribution in [1.82, 2.24) is 5.32 Å². The average Bonchev–Trinajstić information content (AvgIpc) is 2.56. The molecule has 0 saturated heterocycles. The number of benzene rings is 1. The zero-order valence-corrected chi connectivity index (χ0v) is 16.3. The number of amides is 1. The first-order valence-electron chi connectivity index (χ1n) is 8.35. The van der Waals surface area contributed by atoms with E-state index in [-0.39, 0.29) is 22.7 Å². The molecule has 1 unspecified atom stereocenters. The van der Waals surface area contributed by atoms with Gasteiger partial charge in [-0.05, 0) is 23.5 Å². The molecule has 1 aromatic carbocycles. The van der Waals surface area contributed by atoms with Gasteiger partial charge >= 0.3 is 5.97 Å². The third kappa shape index (κ3) is 7.30. The first-order valence-corrected chi connectivity index (χ1v) is 9.33. The zero-order valence-electron chi connectivity index (χ0n) is 15.5. The third-order valence-electron chi connectivity index (χ3n) is 3.73. The lowest BCUT2D eigenvalue weighted by Crippen LogP contribution is -2.42. The van der Waals surface area contributed by atoms with E-state index in [1.807, 2.05) is 19.1 Å². The molecular formula is C19H27NO4S. The summed E-state index contributed by atoms with van der Waals surface area (Å²) in [5.41, 5.74) is 2.20. The molecule has 0 saturated carbocycles. The number of hydrogen-bond donors (Lipinski definition) is 1. The molecule has 0 aliphatic rings. The first-order chi connectivity index (χ1) is 11.7. The van der Waals surface area contributed by atoms with Gasteiger partial charge in [-0.2, -0.15) is 0 Å². The van der Waals surface area contributed by atoms with Crippen LogP contribution in [0.25, 0.3) is 0 Å². The van der Waals surface area contributed by atoms with E-state index in [1.165, 1.54) is 19.6 Å². The molecule has 1 aromatic rings. The van der Waals surface area contributed by atoms with Crippen molar-refractivity contribution in [3.8, 4) is 0 Å². The van der Waals surface area contributed by atoms with Crippen molar-refractivity contribution in [2.24, 2.45) is 5.92 Å². The highest BCUT2D eigenvalue weighted by Gasteiger charge is 2.24. The molecule has 0 aliphatic carbocycles. The Morgan fingerprint density at radius 1 is 1.12 bits per heavy atom. The van der Waals surface area contributed by atoms with Crippen LogP contribution in [0.15, 0.2) is 24.3 Å². The minimum atomic E-state index is -0.822. The van der Waals surface area contributed by atoms with Crippen molar-refractivity contribution in [1.29, 1.82) is 0 Å². The van der Waals surface area contributed by atoms with E-state index >= 15 is 0 Å². The Hall–Kier alpha value is -1.82. The van der Waals surface area contributed by atoms with Crippen molar-refractivity contribution in [3.63, 3.8) is 0 Å². The lowest BCUT2D eigenvalue weighted by atomic mass is 9.97. The standard InChI is InChI=1S/C19H27NO4S/c1-12(2)10-15-6-8-16(9-7-15)13(3)19(23)25-11-17(18(22)24-5)20-14(4)21/h6-9,12-13,17H,10-11H2,1-5H3,(H,20,21)/t13?,17-/m0/s1. The summed E-state index contributed by atoms with van der Waals surface area (Å²) < 4.78 is 4.66.